The van der Waals surface area contributed by atoms with Crippen LogP contribution in [0.2, 0.25) is 0 Å². The molecule has 17 heavy (non-hydrogen) atoms. The van der Waals surface area contributed by atoms with Crippen LogP contribution in [0, 0.1) is 3.70 Å². The lowest BCUT2D eigenvalue weighted by atomic mass is 9.94. The molecule has 3 rings (SSSR count). The highest BCUT2D eigenvalue weighted by Crippen LogP contribution is 2.30. The van der Waals surface area contributed by atoms with Gasteiger partial charge in [-0.3, -0.25) is 4.68 Å². The van der Waals surface area contributed by atoms with Crippen LogP contribution in [0.5, 0.6) is 0 Å². The molecule has 2 aliphatic rings. The van der Waals surface area contributed by atoms with Crippen LogP contribution in [0.4, 0.5) is 0 Å². The van der Waals surface area contributed by atoms with Gasteiger partial charge in [0.2, 0.25) is 0 Å². The Morgan fingerprint density at radius 3 is 2.88 bits per heavy atom. The molecule has 1 aromatic rings. The summed E-state index contributed by atoms with van der Waals surface area (Å²) in [6, 6.07) is 2.72. The maximum atomic E-state index is 5.49. The second-order valence-corrected chi connectivity index (χ2v) is 5.98. The van der Waals surface area contributed by atoms with Gasteiger partial charge in [0.05, 0.1) is 12.6 Å². The first-order chi connectivity index (χ1) is 8.34. The third kappa shape index (κ3) is 2.51. The van der Waals surface area contributed by atoms with Crippen molar-refractivity contribution in [2.75, 3.05) is 26.3 Å². The van der Waals surface area contributed by atoms with E-state index in [0.717, 1.165) is 36.4 Å². The molecule has 94 valence electrons. The molecule has 1 aromatic heterocycles. The Bertz CT molecular complexity index is 381. The van der Waals surface area contributed by atoms with Crippen LogP contribution in [0.3, 0.4) is 0 Å². The molecule has 0 radical (unpaired) electrons. The van der Waals surface area contributed by atoms with E-state index in [1.807, 2.05) is 0 Å². The van der Waals surface area contributed by atoms with Gasteiger partial charge in [0.1, 0.15) is 3.70 Å². The Kier molecular flexibility index (Phi) is 3.67. The molecule has 1 atom stereocenters. The fraction of sp³-hybridized carbons (Fsp3) is 0.750. The highest BCUT2D eigenvalue weighted by atomic mass is 127. The zero-order valence-electron chi connectivity index (χ0n) is 9.86. The number of hydrogen-bond acceptors (Lipinski definition) is 3. The molecule has 2 aliphatic heterocycles. The maximum Gasteiger partial charge on any atom is 0.123 e. The van der Waals surface area contributed by atoms with Crippen molar-refractivity contribution in [1.29, 1.82) is 0 Å². The van der Waals surface area contributed by atoms with Crippen molar-refractivity contribution < 1.29 is 4.74 Å². The molecule has 0 aromatic carbocycles. The van der Waals surface area contributed by atoms with E-state index in [0.29, 0.717) is 12.0 Å². The van der Waals surface area contributed by atoms with E-state index >= 15 is 0 Å². The summed E-state index contributed by atoms with van der Waals surface area (Å²) in [6.45, 7) is 3.98. The molecular weight excluding hydrogens is 329 g/mol. The fourth-order valence-corrected chi connectivity index (χ4v) is 3.36. The summed E-state index contributed by atoms with van der Waals surface area (Å²) >= 11 is 2.32. The van der Waals surface area contributed by atoms with Crippen molar-refractivity contribution in [3.63, 3.8) is 0 Å². The van der Waals surface area contributed by atoms with Gasteiger partial charge in [0.25, 0.3) is 0 Å². The Balaban J connectivity index is 1.86. The third-order valence-electron chi connectivity index (χ3n) is 3.74. The topological polar surface area (TPSA) is 39.1 Å². The summed E-state index contributed by atoms with van der Waals surface area (Å²) < 4.78 is 8.84. The van der Waals surface area contributed by atoms with Crippen molar-refractivity contribution in [1.82, 2.24) is 15.1 Å². The van der Waals surface area contributed by atoms with Crippen molar-refractivity contribution in [2.24, 2.45) is 0 Å². The van der Waals surface area contributed by atoms with Gasteiger partial charge in [-0.15, -0.1) is 0 Å². The quantitative estimate of drug-likeness (QED) is 0.831. The zero-order chi connectivity index (χ0) is 11.7. The van der Waals surface area contributed by atoms with E-state index in [2.05, 4.69) is 43.8 Å². The highest BCUT2D eigenvalue weighted by molar-refractivity contribution is 14.1. The van der Waals surface area contributed by atoms with Gasteiger partial charge in [-0.1, -0.05) is 0 Å². The van der Waals surface area contributed by atoms with Crippen LogP contribution < -0.4 is 5.32 Å². The Morgan fingerprint density at radius 1 is 1.35 bits per heavy atom. The number of halogens is 1. The third-order valence-corrected chi connectivity index (χ3v) is 4.27. The monoisotopic (exact) mass is 347 g/mol. The first kappa shape index (κ1) is 11.9. The van der Waals surface area contributed by atoms with Crippen molar-refractivity contribution in [2.45, 2.75) is 31.2 Å². The minimum atomic E-state index is 0.461. The summed E-state index contributed by atoms with van der Waals surface area (Å²) in [5.74, 6) is 0.674. The molecule has 0 bridgehead atoms. The van der Waals surface area contributed by atoms with Gasteiger partial charge in [-0.2, -0.15) is 5.10 Å². The van der Waals surface area contributed by atoms with Gasteiger partial charge in [-0.05, 0) is 61.0 Å². The molecule has 2 fully saturated rings. The molecule has 5 heteroatoms. The lowest BCUT2D eigenvalue weighted by molar-refractivity contribution is 0.183. The van der Waals surface area contributed by atoms with E-state index in [1.165, 1.54) is 18.5 Å². The van der Waals surface area contributed by atoms with Gasteiger partial charge in [-0.25, -0.2) is 0 Å². The first-order valence-corrected chi connectivity index (χ1v) is 7.46. The average molecular weight is 347 g/mol. The summed E-state index contributed by atoms with van der Waals surface area (Å²) in [7, 11) is 0. The maximum absolute atomic E-state index is 5.49. The second-order valence-electron chi connectivity index (χ2n) is 4.88. The Labute approximate surface area is 115 Å². The second kappa shape index (κ2) is 5.24. The van der Waals surface area contributed by atoms with Gasteiger partial charge >= 0.3 is 0 Å². The normalized spacial score (nSPS) is 26.5. The molecule has 0 unspecified atom stereocenters. The van der Waals surface area contributed by atoms with Crippen LogP contribution in [0.25, 0.3) is 0 Å². The number of nitrogens with zero attached hydrogens (tertiary/aromatic N) is 2. The largest absolute Gasteiger partial charge is 0.379 e. The van der Waals surface area contributed by atoms with Crippen LogP contribution in [-0.2, 0) is 4.74 Å². The van der Waals surface area contributed by atoms with E-state index in [4.69, 9.17) is 4.74 Å². The van der Waals surface area contributed by atoms with Crippen LogP contribution in [0.15, 0.2) is 6.07 Å². The molecule has 0 saturated carbocycles. The fourth-order valence-electron chi connectivity index (χ4n) is 2.81. The Morgan fingerprint density at radius 2 is 2.18 bits per heavy atom. The number of nitrogens with one attached hydrogen (secondary N) is 1. The lowest BCUT2D eigenvalue weighted by Crippen LogP contribution is -2.28. The van der Waals surface area contributed by atoms with Gasteiger partial charge in [0, 0.05) is 18.2 Å². The molecule has 0 spiro atoms. The zero-order valence-corrected chi connectivity index (χ0v) is 12.0. The number of aromatic nitrogens is 2. The molecule has 4 nitrogen and oxygen atoms in total. The summed E-state index contributed by atoms with van der Waals surface area (Å²) in [5.41, 5.74) is 1.42. The Hall–Kier alpha value is -0.140. The number of hydrogen-bond donors (Lipinski definition) is 1. The number of ether oxygens (including phenoxy) is 1. The van der Waals surface area contributed by atoms with Crippen LogP contribution in [0.1, 0.15) is 36.9 Å². The van der Waals surface area contributed by atoms with Crippen molar-refractivity contribution >= 4 is 22.6 Å². The predicted octanol–water partition coefficient (Wildman–Crippen LogP) is 1.92. The van der Waals surface area contributed by atoms with E-state index < -0.39 is 0 Å². The van der Waals surface area contributed by atoms with Gasteiger partial charge in [0.15, 0.2) is 0 Å². The smallest absolute Gasteiger partial charge is 0.123 e. The molecule has 2 saturated heterocycles. The first-order valence-electron chi connectivity index (χ1n) is 6.38. The van der Waals surface area contributed by atoms with Gasteiger partial charge < -0.3 is 10.1 Å². The summed E-state index contributed by atoms with van der Waals surface area (Å²) in [4.78, 5) is 0. The number of rotatable bonds is 2. The van der Waals surface area contributed by atoms with E-state index in [-0.39, 0.29) is 0 Å². The highest BCUT2D eigenvalue weighted by Gasteiger charge is 2.26. The molecule has 3 heterocycles. The lowest BCUT2D eigenvalue weighted by Gasteiger charge is -2.24. The summed E-state index contributed by atoms with van der Waals surface area (Å²) in [6.07, 6.45) is 3.57. The number of piperidine rings is 1. The average Bonchev–Trinajstić information content (AvgIpc) is 2.98. The predicted molar refractivity (Wildman–Crippen MR) is 74.3 cm³/mol. The molecular formula is C12H18IN3O. The van der Waals surface area contributed by atoms with Crippen molar-refractivity contribution in [3.05, 3.63) is 15.5 Å². The minimum absolute atomic E-state index is 0.461. The molecule has 0 amide bonds. The molecule has 1 N–H and O–H groups in total. The summed E-state index contributed by atoms with van der Waals surface area (Å²) in [5, 5.41) is 8.09. The van der Waals surface area contributed by atoms with Crippen LogP contribution in [-0.4, -0.2) is 36.1 Å². The standard InChI is InChI=1S/C12H18IN3O/c13-12-7-11(9-1-4-14-5-2-9)16(15-12)10-3-6-17-8-10/h7,9-10,14H,1-6,8H2/t10-/m0/s1. The van der Waals surface area contributed by atoms with Crippen LogP contribution >= 0.6 is 22.6 Å². The minimum Gasteiger partial charge on any atom is -0.379 e. The van der Waals surface area contributed by atoms with E-state index in [9.17, 15) is 0 Å². The van der Waals surface area contributed by atoms with E-state index in [1.54, 1.807) is 0 Å². The SMILES string of the molecule is Ic1cc(C2CCNCC2)n([C@H]2CCOC2)n1. The molecule has 0 aliphatic carbocycles. The van der Waals surface area contributed by atoms with Crippen molar-refractivity contribution in [3.8, 4) is 0 Å².